The van der Waals surface area contributed by atoms with Gasteiger partial charge in [-0.25, -0.2) is 0 Å². The van der Waals surface area contributed by atoms with Crippen molar-refractivity contribution in [1.82, 2.24) is 4.98 Å². The average Bonchev–Trinajstić information content (AvgIpc) is 2.68. The van der Waals surface area contributed by atoms with Crippen molar-refractivity contribution in [2.75, 3.05) is 13.2 Å². The molecule has 0 spiro atoms. The number of hydrogen-bond donors (Lipinski definition) is 1. The summed E-state index contributed by atoms with van der Waals surface area (Å²) in [5.41, 5.74) is 0.400. The predicted molar refractivity (Wildman–Crippen MR) is 53.6 cm³/mol. The molecule has 0 amide bonds. The van der Waals surface area contributed by atoms with Crippen LogP contribution in [0, 0.1) is 0 Å². The van der Waals surface area contributed by atoms with Crippen molar-refractivity contribution in [2.24, 2.45) is 0 Å². The Morgan fingerprint density at radius 3 is 3.00 bits per heavy atom. The van der Waals surface area contributed by atoms with E-state index in [4.69, 9.17) is 9.84 Å². The first-order valence-electron chi connectivity index (χ1n) is 4.94. The molecule has 4 heteroatoms. The van der Waals surface area contributed by atoms with Gasteiger partial charge < -0.3 is 9.84 Å². The first-order chi connectivity index (χ1) is 7.23. The Balaban J connectivity index is 2.30. The predicted octanol–water partition coefficient (Wildman–Crippen LogP) is 1.21. The highest BCUT2D eigenvalue weighted by molar-refractivity contribution is 5.69. The van der Waals surface area contributed by atoms with Crippen molar-refractivity contribution >= 4 is 5.97 Å². The van der Waals surface area contributed by atoms with Crippen LogP contribution >= 0.6 is 0 Å². The Kier molecular flexibility index (Phi) is 2.68. The van der Waals surface area contributed by atoms with Crippen LogP contribution < -0.4 is 0 Å². The summed E-state index contributed by atoms with van der Waals surface area (Å²) < 4.78 is 5.31. The molecule has 0 bridgehead atoms. The Bertz CT molecular complexity index is 344. The number of aromatic nitrogens is 1. The number of aliphatic carboxylic acids is 1. The molecule has 1 aliphatic rings. The number of pyridine rings is 1. The summed E-state index contributed by atoms with van der Waals surface area (Å²) in [4.78, 5) is 15.1. The highest BCUT2D eigenvalue weighted by Crippen LogP contribution is 2.35. The average molecular weight is 207 g/mol. The van der Waals surface area contributed by atoms with Crippen LogP contribution in [-0.2, 0) is 14.9 Å². The van der Waals surface area contributed by atoms with Crippen molar-refractivity contribution in [2.45, 2.75) is 18.3 Å². The number of carbonyl (C=O) groups is 1. The summed E-state index contributed by atoms with van der Waals surface area (Å²) >= 11 is 0. The molecule has 1 saturated heterocycles. The van der Waals surface area contributed by atoms with Crippen LogP contribution in [-0.4, -0.2) is 29.3 Å². The zero-order valence-corrected chi connectivity index (χ0v) is 8.35. The first kappa shape index (κ1) is 10.1. The molecule has 1 N–H and O–H groups in total. The van der Waals surface area contributed by atoms with E-state index >= 15 is 0 Å². The number of rotatable bonds is 3. The molecule has 0 saturated carbocycles. The fourth-order valence-corrected chi connectivity index (χ4v) is 2.01. The van der Waals surface area contributed by atoms with Gasteiger partial charge in [0.1, 0.15) is 0 Å². The monoisotopic (exact) mass is 207 g/mol. The van der Waals surface area contributed by atoms with E-state index in [1.165, 1.54) is 0 Å². The third-order valence-corrected chi connectivity index (χ3v) is 2.80. The summed E-state index contributed by atoms with van der Waals surface area (Å²) in [6, 6.07) is 5.58. The van der Waals surface area contributed by atoms with E-state index in [1.54, 1.807) is 6.20 Å². The Morgan fingerprint density at radius 2 is 2.47 bits per heavy atom. The molecule has 15 heavy (non-hydrogen) atoms. The maximum absolute atomic E-state index is 10.9. The lowest BCUT2D eigenvalue weighted by molar-refractivity contribution is -0.138. The molecule has 0 aliphatic carbocycles. The quantitative estimate of drug-likeness (QED) is 0.809. The maximum atomic E-state index is 10.9. The van der Waals surface area contributed by atoms with Crippen LogP contribution in [0.4, 0.5) is 0 Å². The Labute approximate surface area is 87.9 Å². The van der Waals surface area contributed by atoms with E-state index < -0.39 is 11.4 Å². The van der Waals surface area contributed by atoms with Gasteiger partial charge in [-0.05, 0) is 18.6 Å². The topological polar surface area (TPSA) is 59.4 Å². The molecule has 80 valence electrons. The number of carboxylic acid groups (broad SMARTS) is 1. The second-order valence-corrected chi connectivity index (χ2v) is 3.87. The van der Waals surface area contributed by atoms with Crippen molar-refractivity contribution in [3.05, 3.63) is 30.1 Å². The molecular weight excluding hydrogens is 194 g/mol. The Hall–Kier alpha value is -1.42. The minimum atomic E-state index is -0.800. The van der Waals surface area contributed by atoms with Crippen molar-refractivity contribution in [1.29, 1.82) is 0 Å². The van der Waals surface area contributed by atoms with E-state index in [1.807, 2.05) is 18.2 Å². The van der Waals surface area contributed by atoms with Gasteiger partial charge in [0.2, 0.25) is 0 Å². The van der Waals surface area contributed by atoms with Crippen molar-refractivity contribution < 1.29 is 14.6 Å². The summed E-state index contributed by atoms with van der Waals surface area (Å²) in [6.45, 7) is 1.07. The molecule has 1 aromatic heterocycles. The SMILES string of the molecule is O=C(O)CC1(c2ccccn2)CCOC1. The van der Waals surface area contributed by atoms with E-state index in [-0.39, 0.29) is 6.42 Å². The molecule has 4 nitrogen and oxygen atoms in total. The van der Waals surface area contributed by atoms with Gasteiger partial charge in [-0.1, -0.05) is 6.07 Å². The molecule has 1 fully saturated rings. The molecule has 1 aliphatic heterocycles. The maximum Gasteiger partial charge on any atom is 0.304 e. The van der Waals surface area contributed by atoms with Gasteiger partial charge in [0, 0.05) is 23.9 Å². The molecule has 1 aromatic rings. The van der Waals surface area contributed by atoms with Crippen molar-refractivity contribution in [3.8, 4) is 0 Å². The lowest BCUT2D eigenvalue weighted by atomic mass is 9.80. The fraction of sp³-hybridized carbons (Fsp3) is 0.455. The minimum absolute atomic E-state index is 0.0873. The number of nitrogens with zero attached hydrogens (tertiary/aromatic N) is 1. The van der Waals surface area contributed by atoms with Gasteiger partial charge >= 0.3 is 5.97 Å². The molecule has 1 unspecified atom stereocenters. The van der Waals surface area contributed by atoms with E-state index in [2.05, 4.69) is 4.98 Å². The molecular formula is C11H13NO3. The van der Waals surface area contributed by atoms with Crippen LogP contribution in [0.5, 0.6) is 0 Å². The van der Waals surface area contributed by atoms with Crippen LogP contribution in [0.1, 0.15) is 18.5 Å². The third-order valence-electron chi connectivity index (χ3n) is 2.80. The van der Waals surface area contributed by atoms with Gasteiger partial charge in [-0.15, -0.1) is 0 Å². The van der Waals surface area contributed by atoms with Crippen LogP contribution in [0.25, 0.3) is 0 Å². The largest absolute Gasteiger partial charge is 0.481 e. The van der Waals surface area contributed by atoms with Crippen molar-refractivity contribution in [3.63, 3.8) is 0 Å². The zero-order chi connectivity index (χ0) is 10.7. The van der Waals surface area contributed by atoms with Crippen LogP contribution in [0.2, 0.25) is 0 Å². The first-order valence-corrected chi connectivity index (χ1v) is 4.94. The summed E-state index contributed by atoms with van der Waals surface area (Å²) in [5.74, 6) is -0.800. The molecule has 1 atom stereocenters. The van der Waals surface area contributed by atoms with Gasteiger partial charge in [0.15, 0.2) is 0 Å². The minimum Gasteiger partial charge on any atom is -0.481 e. The molecule has 0 aromatic carbocycles. The number of carboxylic acids is 1. The summed E-state index contributed by atoms with van der Waals surface area (Å²) in [5, 5.41) is 8.92. The van der Waals surface area contributed by atoms with E-state index in [9.17, 15) is 4.79 Å². The number of ether oxygens (including phenoxy) is 1. The van der Waals surface area contributed by atoms with Gasteiger partial charge in [0.05, 0.1) is 13.0 Å². The highest BCUT2D eigenvalue weighted by atomic mass is 16.5. The highest BCUT2D eigenvalue weighted by Gasteiger charge is 2.39. The second kappa shape index (κ2) is 3.98. The van der Waals surface area contributed by atoms with Gasteiger partial charge in [0.25, 0.3) is 0 Å². The van der Waals surface area contributed by atoms with Crippen LogP contribution in [0.3, 0.4) is 0 Å². The third kappa shape index (κ3) is 1.99. The zero-order valence-electron chi connectivity index (χ0n) is 8.35. The van der Waals surface area contributed by atoms with Gasteiger partial charge in [-0.3, -0.25) is 9.78 Å². The summed E-state index contributed by atoms with van der Waals surface area (Å²) in [6.07, 6.45) is 2.51. The van der Waals surface area contributed by atoms with Gasteiger partial charge in [-0.2, -0.15) is 0 Å². The standard InChI is InChI=1S/C11H13NO3/c13-10(14)7-11(4-6-15-8-11)9-3-1-2-5-12-9/h1-3,5H,4,6-8H2,(H,13,14). The second-order valence-electron chi connectivity index (χ2n) is 3.87. The number of hydrogen-bond acceptors (Lipinski definition) is 3. The smallest absolute Gasteiger partial charge is 0.304 e. The van der Waals surface area contributed by atoms with E-state index in [0.29, 0.717) is 13.2 Å². The summed E-state index contributed by atoms with van der Waals surface area (Å²) in [7, 11) is 0. The molecule has 2 rings (SSSR count). The van der Waals surface area contributed by atoms with Crippen LogP contribution in [0.15, 0.2) is 24.4 Å². The van der Waals surface area contributed by atoms with E-state index in [0.717, 1.165) is 12.1 Å². The lowest BCUT2D eigenvalue weighted by Gasteiger charge is -2.24. The lowest BCUT2D eigenvalue weighted by Crippen LogP contribution is -2.30. The normalized spacial score (nSPS) is 25.3. The molecule has 0 radical (unpaired) electrons. The molecule has 2 heterocycles. The fourth-order valence-electron chi connectivity index (χ4n) is 2.01. The Morgan fingerprint density at radius 1 is 1.60 bits per heavy atom.